The van der Waals surface area contributed by atoms with Gasteiger partial charge in [-0.05, 0) is 75.0 Å². The fourth-order valence-electron chi connectivity index (χ4n) is 6.56. The number of halogens is 1. The molecular formula is C31H36FN9. The lowest BCUT2D eigenvalue weighted by molar-refractivity contribution is 0.0828. The molecule has 3 aromatic heterocycles. The molecule has 1 aliphatic heterocycles. The second-order valence-corrected chi connectivity index (χ2v) is 11.6. The number of aromatic amines is 1. The molecule has 2 fully saturated rings. The van der Waals surface area contributed by atoms with Gasteiger partial charge in [-0.3, -0.25) is 4.90 Å². The van der Waals surface area contributed by atoms with E-state index in [0.717, 1.165) is 59.3 Å². The molecule has 212 valence electrons. The number of H-pyrrole nitrogens is 1. The third kappa shape index (κ3) is 4.91. The first-order chi connectivity index (χ1) is 19.9. The lowest BCUT2D eigenvalue weighted by Crippen LogP contribution is -2.49. The Bertz CT molecular complexity index is 1650. The second kappa shape index (κ2) is 10.4. The van der Waals surface area contributed by atoms with Gasteiger partial charge in [-0.1, -0.05) is 12.1 Å². The van der Waals surface area contributed by atoms with Crippen LogP contribution < -0.4 is 11.1 Å². The number of likely N-dealkylation sites (N-methyl/N-ethyl adjacent to an activating group) is 1. The number of hydrogen-bond acceptors (Lipinski definition) is 7. The number of rotatable bonds is 5. The van der Waals surface area contributed by atoms with Gasteiger partial charge in [-0.2, -0.15) is 0 Å². The van der Waals surface area contributed by atoms with E-state index in [1.807, 2.05) is 12.1 Å². The van der Waals surface area contributed by atoms with Gasteiger partial charge in [0.25, 0.3) is 0 Å². The molecule has 1 saturated carbocycles. The number of imidazole rings is 1. The van der Waals surface area contributed by atoms with Crippen molar-refractivity contribution in [3.63, 3.8) is 0 Å². The van der Waals surface area contributed by atoms with Crippen LogP contribution in [-0.2, 0) is 0 Å². The molecular weight excluding hydrogens is 517 g/mol. The fraction of sp³-hybridized carbons (Fsp3) is 0.387. The highest BCUT2D eigenvalue weighted by Gasteiger charge is 2.30. The minimum Gasteiger partial charge on any atom is -0.383 e. The molecule has 1 saturated heterocycles. The molecule has 0 unspecified atom stereocenters. The number of fused-ring (bicyclic) bond motifs is 2. The zero-order valence-electron chi connectivity index (χ0n) is 23.6. The van der Waals surface area contributed by atoms with Crippen LogP contribution in [0.3, 0.4) is 0 Å². The Morgan fingerprint density at radius 3 is 2.46 bits per heavy atom. The van der Waals surface area contributed by atoms with Crippen LogP contribution in [0.1, 0.15) is 37.3 Å². The summed E-state index contributed by atoms with van der Waals surface area (Å²) in [6.07, 6.45) is 8.47. The summed E-state index contributed by atoms with van der Waals surface area (Å²) < 4.78 is 16.3. The maximum Gasteiger partial charge on any atom is 0.205 e. The molecule has 10 heteroatoms. The summed E-state index contributed by atoms with van der Waals surface area (Å²) in [5, 5.41) is 4.21. The van der Waals surface area contributed by atoms with E-state index in [9.17, 15) is 4.39 Å². The van der Waals surface area contributed by atoms with Crippen molar-refractivity contribution in [2.75, 3.05) is 44.3 Å². The average Bonchev–Trinajstić information content (AvgIpc) is 3.56. The summed E-state index contributed by atoms with van der Waals surface area (Å²) in [4.78, 5) is 21.8. The number of nitrogens with zero attached hydrogens (tertiary/aromatic N) is 6. The van der Waals surface area contributed by atoms with Crippen molar-refractivity contribution >= 4 is 39.5 Å². The highest BCUT2D eigenvalue weighted by Crippen LogP contribution is 2.39. The van der Waals surface area contributed by atoms with E-state index in [1.54, 1.807) is 19.3 Å². The van der Waals surface area contributed by atoms with Crippen LogP contribution in [0, 0.1) is 12.7 Å². The van der Waals surface area contributed by atoms with Gasteiger partial charge in [-0.25, -0.2) is 19.3 Å². The molecule has 0 radical (unpaired) electrons. The van der Waals surface area contributed by atoms with E-state index >= 15 is 0 Å². The first-order valence-electron chi connectivity index (χ1n) is 14.5. The van der Waals surface area contributed by atoms with Gasteiger partial charge >= 0.3 is 0 Å². The zero-order chi connectivity index (χ0) is 28.1. The van der Waals surface area contributed by atoms with Crippen LogP contribution in [0.5, 0.6) is 0 Å². The minimum atomic E-state index is -0.248. The molecule has 4 N–H and O–H groups in total. The second-order valence-electron chi connectivity index (χ2n) is 11.6. The van der Waals surface area contributed by atoms with Gasteiger partial charge in [0.2, 0.25) is 5.95 Å². The molecule has 1 aliphatic carbocycles. The van der Waals surface area contributed by atoms with E-state index < -0.39 is 0 Å². The fourth-order valence-corrected chi connectivity index (χ4v) is 6.56. The molecule has 9 nitrogen and oxygen atoms in total. The molecule has 4 heterocycles. The Morgan fingerprint density at radius 2 is 1.71 bits per heavy atom. The maximum absolute atomic E-state index is 14.0. The monoisotopic (exact) mass is 553 g/mol. The number of anilines is 3. The highest BCUT2D eigenvalue weighted by atomic mass is 19.1. The van der Waals surface area contributed by atoms with Crippen LogP contribution in [0.4, 0.5) is 21.8 Å². The standard InChI is InChI=1S/C31H36FN9/c1-19-15-26-27(16-25(19)32)38-31(37-26)36-21-5-3-20(4-6-21)24-17-41(30-28(24)29(33)34-18-35-30)23-9-7-22(8-10-23)40-13-11-39(2)12-14-40/h3-6,15-18,22-23H,7-14H2,1-2H3,(H2,33,34,35)(H2,36,37,38)/t22-,23-. The zero-order valence-corrected chi connectivity index (χ0v) is 23.6. The smallest absolute Gasteiger partial charge is 0.205 e. The molecule has 0 spiro atoms. The highest BCUT2D eigenvalue weighted by molar-refractivity contribution is 6.00. The average molecular weight is 554 g/mol. The molecule has 41 heavy (non-hydrogen) atoms. The van der Waals surface area contributed by atoms with Crippen molar-refractivity contribution in [3.05, 3.63) is 60.3 Å². The van der Waals surface area contributed by atoms with Gasteiger partial charge < -0.3 is 25.5 Å². The van der Waals surface area contributed by atoms with Gasteiger partial charge in [0, 0.05) is 55.7 Å². The van der Waals surface area contributed by atoms with Crippen molar-refractivity contribution in [1.29, 1.82) is 0 Å². The summed E-state index contributed by atoms with van der Waals surface area (Å²) in [6, 6.07) is 12.5. The molecule has 2 aromatic carbocycles. The van der Waals surface area contributed by atoms with Gasteiger partial charge in [0.1, 0.15) is 23.6 Å². The predicted molar refractivity (Wildman–Crippen MR) is 162 cm³/mol. The quantitative estimate of drug-likeness (QED) is 0.265. The molecule has 0 amide bonds. The third-order valence-electron chi connectivity index (χ3n) is 8.97. The normalized spacial score (nSPS) is 20.7. The number of piperazine rings is 1. The number of nitrogens with two attached hydrogens (primary N) is 1. The molecule has 0 bridgehead atoms. The van der Waals surface area contributed by atoms with E-state index in [0.29, 0.717) is 34.9 Å². The van der Waals surface area contributed by atoms with Crippen molar-refractivity contribution in [2.45, 2.75) is 44.7 Å². The van der Waals surface area contributed by atoms with Crippen LogP contribution in [0.15, 0.2) is 48.9 Å². The summed E-state index contributed by atoms with van der Waals surface area (Å²) >= 11 is 0. The first-order valence-corrected chi connectivity index (χ1v) is 14.5. The summed E-state index contributed by atoms with van der Waals surface area (Å²) in [5.41, 5.74) is 12.3. The lowest BCUT2D eigenvalue weighted by Gasteiger charge is -2.41. The topological polar surface area (TPSA) is 104 Å². The van der Waals surface area contributed by atoms with Gasteiger partial charge in [0.05, 0.1) is 16.4 Å². The van der Waals surface area contributed by atoms with Crippen LogP contribution in [0.25, 0.3) is 33.2 Å². The van der Waals surface area contributed by atoms with Crippen molar-refractivity contribution in [1.82, 2.24) is 34.3 Å². The van der Waals surface area contributed by atoms with Gasteiger partial charge in [-0.15, -0.1) is 0 Å². The van der Waals surface area contributed by atoms with E-state index in [-0.39, 0.29) is 5.82 Å². The Hall–Kier alpha value is -4.02. The predicted octanol–water partition coefficient (Wildman–Crippen LogP) is 5.48. The van der Waals surface area contributed by atoms with E-state index in [1.165, 1.54) is 32.0 Å². The van der Waals surface area contributed by atoms with Crippen LogP contribution >= 0.6 is 0 Å². The number of aryl methyl sites for hydroxylation is 1. The van der Waals surface area contributed by atoms with Crippen LogP contribution in [0.2, 0.25) is 0 Å². The summed E-state index contributed by atoms with van der Waals surface area (Å²) in [6.45, 7) is 6.41. The summed E-state index contributed by atoms with van der Waals surface area (Å²) in [7, 11) is 2.21. The van der Waals surface area contributed by atoms with Crippen molar-refractivity contribution < 1.29 is 4.39 Å². The number of benzene rings is 2. The summed E-state index contributed by atoms with van der Waals surface area (Å²) in [5.74, 6) is 0.823. The molecule has 0 atom stereocenters. The molecule has 7 rings (SSSR count). The third-order valence-corrected chi connectivity index (χ3v) is 8.97. The molecule has 5 aromatic rings. The first kappa shape index (κ1) is 25.9. The van der Waals surface area contributed by atoms with Crippen molar-refractivity contribution in [3.8, 4) is 11.1 Å². The Balaban J connectivity index is 1.12. The number of nitrogen functional groups attached to an aromatic ring is 1. The number of nitrogens with one attached hydrogen (secondary N) is 2. The number of aromatic nitrogens is 5. The SMILES string of the molecule is Cc1cc2nc(Nc3ccc(-c4cn([C@H]5CC[C@H](N6CCN(C)CC6)CC5)c5ncnc(N)c45)cc3)[nH]c2cc1F. The van der Waals surface area contributed by atoms with E-state index in [2.05, 4.69) is 60.0 Å². The Labute approximate surface area is 238 Å². The Morgan fingerprint density at radius 1 is 0.976 bits per heavy atom. The maximum atomic E-state index is 14.0. The van der Waals surface area contributed by atoms with Gasteiger partial charge in [0.15, 0.2) is 0 Å². The molecule has 2 aliphatic rings. The van der Waals surface area contributed by atoms with E-state index in [4.69, 9.17) is 10.7 Å². The van der Waals surface area contributed by atoms with Crippen LogP contribution in [-0.4, -0.2) is 73.6 Å². The minimum absolute atomic E-state index is 0.248. The lowest BCUT2D eigenvalue weighted by atomic mass is 9.89. The Kier molecular flexibility index (Phi) is 6.59. The largest absolute Gasteiger partial charge is 0.383 e. The number of hydrogen-bond donors (Lipinski definition) is 3. The van der Waals surface area contributed by atoms with Crippen molar-refractivity contribution in [2.24, 2.45) is 0 Å².